The monoisotopic (exact) mass is 364 g/mol. The van der Waals surface area contributed by atoms with E-state index in [2.05, 4.69) is 37.2 Å². The van der Waals surface area contributed by atoms with Gasteiger partial charge in [0.2, 0.25) is 5.91 Å². The normalized spacial score (nSPS) is 15.5. The number of nitrogens with zero attached hydrogens (tertiary/aromatic N) is 1. The van der Waals surface area contributed by atoms with Crippen molar-refractivity contribution in [3.63, 3.8) is 0 Å². The van der Waals surface area contributed by atoms with E-state index >= 15 is 0 Å². The third-order valence-corrected chi connectivity index (χ3v) is 4.44. The fraction of sp³-hybridized carbons (Fsp3) is 0.545. The van der Waals surface area contributed by atoms with E-state index in [1.807, 2.05) is 11.0 Å². The summed E-state index contributed by atoms with van der Waals surface area (Å²) in [6.07, 6.45) is 2.26. The first-order valence-corrected chi connectivity index (χ1v) is 7.17. The Morgan fingerprint density at radius 3 is 2.71 bits per heavy atom. The number of hydrogen-bond donors (Lipinski definition) is 1. The number of halogens is 2. The average Bonchev–Trinajstić information content (AvgIpc) is 2.90. The van der Waals surface area contributed by atoms with Crippen molar-refractivity contribution in [1.82, 2.24) is 10.2 Å². The second kappa shape index (κ2) is 6.02. The number of likely N-dealkylation sites (tertiary alicyclic amines) is 1. The van der Waals surface area contributed by atoms with Crippen molar-refractivity contribution in [3.05, 3.63) is 21.0 Å². The lowest BCUT2D eigenvalue weighted by molar-refractivity contribution is -0.129. The third-order valence-electron chi connectivity index (χ3n) is 2.73. The fourth-order valence-electron chi connectivity index (χ4n) is 1.85. The molecule has 0 spiro atoms. The minimum absolute atomic E-state index is 0.173. The van der Waals surface area contributed by atoms with Crippen LogP contribution in [0.3, 0.4) is 0 Å². The SMILES string of the molecule is O=C(CNCc1cc(Br)c(Br)o1)N1CCCC1. The quantitative estimate of drug-likeness (QED) is 0.891. The van der Waals surface area contributed by atoms with Crippen LogP contribution in [0.4, 0.5) is 0 Å². The maximum atomic E-state index is 11.7. The Morgan fingerprint density at radius 2 is 2.12 bits per heavy atom. The van der Waals surface area contributed by atoms with Crippen LogP contribution in [0.5, 0.6) is 0 Å². The van der Waals surface area contributed by atoms with Gasteiger partial charge in [0.15, 0.2) is 4.67 Å². The van der Waals surface area contributed by atoms with Crippen LogP contribution in [0.2, 0.25) is 0 Å². The first-order valence-electron chi connectivity index (χ1n) is 5.59. The summed E-state index contributed by atoms with van der Waals surface area (Å²) in [5.41, 5.74) is 0. The van der Waals surface area contributed by atoms with Crippen molar-refractivity contribution >= 4 is 37.8 Å². The number of carbonyl (C=O) groups is 1. The van der Waals surface area contributed by atoms with Gasteiger partial charge in [-0.15, -0.1) is 0 Å². The molecule has 0 saturated carbocycles. The Labute approximate surface area is 117 Å². The van der Waals surface area contributed by atoms with Gasteiger partial charge in [-0.25, -0.2) is 0 Å². The van der Waals surface area contributed by atoms with Gasteiger partial charge in [0.05, 0.1) is 17.6 Å². The molecule has 1 aliphatic rings. The molecule has 1 N–H and O–H groups in total. The van der Waals surface area contributed by atoms with Gasteiger partial charge in [-0.1, -0.05) is 0 Å². The highest BCUT2D eigenvalue weighted by Gasteiger charge is 2.17. The van der Waals surface area contributed by atoms with Crippen LogP contribution < -0.4 is 5.32 Å². The van der Waals surface area contributed by atoms with Gasteiger partial charge < -0.3 is 14.6 Å². The maximum absolute atomic E-state index is 11.7. The number of nitrogens with one attached hydrogen (secondary N) is 1. The molecule has 1 aromatic rings. The Bertz CT molecular complexity index is 381. The molecule has 2 rings (SSSR count). The number of amides is 1. The van der Waals surface area contributed by atoms with Crippen molar-refractivity contribution in [3.8, 4) is 0 Å². The highest BCUT2D eigenvalue weighted by Crippen LogP contribution is 2.26. The Morgan fingerprint density at radius 1 is 1.41 bits per heavy atom. The van der Waals surface area contributed by atoms with E-state index in [1.54, 1.807) is 0 Å². The molecule has 1 aromatic heterocycles. The molecule has 17 heavy (non-hydrogen) atoms. The van der Waals surface area contributed by atoms with E-state index in [0.29, 0.717) is 17.8 Å². The third kappa shape index (κ3) is 3.56. The molecule has 0 atom stereocenters. The van der Waals surface area contributed by atoms with Crippen molar-refractivity contribution in [2.75, 3.05) is 19.6 Å². The minimum Gasteiger partial charge on any atom is -0.452 e. The average molecular weight is 366 g/mol. The molecule has 94 valence electrons. The molecule has 2 heterocycles. The summed E-state index contributed by atoms with van der Waals surface area (Å²) in [6, 6.07) is 1.89. The molecule has 0 aliphatic carbocycles. The minimum atomic E-state index is 0.173. The predicted molar refractivity (Wildman–Crippen MR) is 71.6 cm³/mol. The Hall–Kier alpha value is -0.330. The van der Waals surface area contributed by atoms with Crippen molar-refractivity contribution < 1.29 is 9.21 Å². The smallest absolute Gasteiger partial charge is 0.236 e. The molecule has 4 nitrogen and oxygen atoms in total. The van der Waals surface area contributed by atoms with E-state index in [4.69, 9.17) is 4.42 Å². The van der Waals surface area contributed by atoms with Gasteiger partial charge in [-0.2, -0.15) is 0 Å². The van der Waals surface area contributed by atoms with Crippen LogP contribution in [0.15, 0.2) is 19.6 Å². The topological polar surface area (TPSA) is 45.5 Å². The van der Waals surface area contributed by atoms with Crippen molar-refractivity contribution in [2.45, 2.75) is 19.4 Å². The summed E-state index contributed by atoms with van der Waals surface area (Å²) in [6.45, 7) is 2.73. The van der Waals surface area contributed by atoms with Gasteiger partial charge in [0, 0.05) is 13.1 Å². The summed E-state index contributed by atoms with van der Waals surface area (Å²) < 4.78 is 6.97. The van der Waals surface area contributed by atoms with Gasteiger partial charge in [-0.3, -0.25) is 4.79 Å². The van der Waals surface area contributed by atoms with Crippen molar-refractivity contribution in [2.24, 2.45) is 0 Å². The van der Waals surface area contributed by atoms with E-state index in [-0.39, 0.29) is 5.91 Å². The lowest BCUT2D eigenvalue weighted by Crippen LogP contribution is -2.35. The summed E-state index contributed by atoms with van der Waals surface area (Å²) in [4.78, 5) is 13.6. The molecule has 1 amide bonds. The molecular weight excluding hydrogens is 352 g/mol. The van der Waals surface area contributed by atoms with Crippen LogP contribution in [-0.2, 0) is 11.3 Å². The Balaban J connectivity index is 1.73. The second-order valence-corrected chi connectivity index (χ2v) is 5.60. The summed E-state index contributed by atoms with van der Waals surface area (Å²) >= 11 is 6.62. The molecule has 0 bridgehead atoms. The fourth-order valence-corrected chi connectivity index (χ4v) is 2.51. The van der Waals surface area contributed by atoms with E-state index in [0.717, 1.165) is 36.2 Å². The molecule has 1 aliphatic heterocycles. The van der Waals surface area contributed by atoms with E-state index in [1.165, 1.54) is 0 Å². The van der Waals surface area contributed by atoms with Crippen LogP contribution in [0, 0.1) is 0 Å². The molecule has 1 saturated heterocycles. The first-order chi connectivity index (χ1) is 8.16. The van der Waals surface area contributed by atoms with E-state index in [9.17, 15) is 4.79 Å². The van der Waals surface area contributed by atoms with Gasteiger partial charge in [0.1, 0.15) is 5.76 Å². The first kappa shape index (κ1) is 13.1. The molecule has 0 unspecified atom stereocenters. The molecule has 0 radical (unpaired) electrons. The maximum Gasteiger partial charge on any atom is 0.236 e. The van der Waals surface area contributed by atoms with Crippen LogP contribution in [0.25, 0.3) is 0 Å². The lowest BCUT2D eigenvalue weighted by atomic mass is 10.4. The standard InChI is InChI=1S/C11H14Br2N2O2/c12-9-5-8(17-11(9)13)6-14-7-10(16)15-3-1-2-4-15/h5,14H,1-4,6-7H2. The van der Waals surface area contributed by atoms with Crippen LogP contribution >= 0.6 is 31.9 Å². The molecule has 0 aromatic carbocycles. The van der Waals surface area contributed by atoms with Crippen LogP contribution in [-0.4, -0.2) is 30.4 Å². The summed E-state index contributed by atoms with van der Waals surface area (Å²) in [5, 5.41) is 3.09. The zero-order valence-corrected chi connectivity index (χ0v) is 12.5. The Kier molecular flexibility index (Phi) is 4.64. The highest BCUT2D eigenvalue weighted by atomic mass is 79.9. The number of furan rings is 1. The molecular formula is C11H14Br2N2O2. The zero-order chi connectivity index (χ0) is 12.3. The lowest BCUT2D eigenvalue weighted by Gasteiger charge is -2.14. The van der Waals surface area contributed by atoms with Crippen molar-refractivity contribution in [1.29, 1.82) is 0 Å². The second-order valence-electron chi connectivity index (χ2n) is 4.03. The number of rotatable bonds is 4. The number of carbonyl (C=O) groups excluding carboxylic acids is 1. The van der Waals surface area contributed by atoms with E-state index < -0.39 is 0 Å². The van der Waals surface area contributed by atoms with Gasteiger partial charge in [-0.05, 0) is 50.8 Å². The summed E-state index contributed by atoms with van der Waals surface area (Å²) in [7, 11) is 0. The van der Waals surface area contributed by atoms with Gasteiger partial charge in [0.25, 0.3) is 0 Å². The number of hydrogen-bond acceptors (Lipinski definition) is 3. The molecule has 6 heteroatoms. The van der Waals surface area contributed by atoms with Crippen LogP contribution in [0.1, 0.15) is 18.6 Å². The summed E-state index contributed by atoms with van der Waals surface area (Å²) in [5.74, 6) is 0.977. The predicted octanol–water partition coefficient (Wildman–Crippen LogP) is 2.52. The largest absolute Gasteiger partial charge is 0.452 e. The molecule has 1 fully saturated rings. The zero-order valence-electron chi connectivity index (χ0n) is 9.34. The highest BCUT2D eigenvalue weighted by molar-refractivity contribution is 9.13. The van der Waals surface area contributed by atoms with Gasteiger partial charge >= 0.3 is 0 Å².